The van der Waals surface area contributed by atoms with E-state index in [4.69, 9.17) is 4.74 Å². The van der Waals surface area contributed by atoms with Gasteiger partial charge < -0.3 is 15.2 Å². The number of nitrogens with zero attached hydrogens (tertiary/aromatic N) is 3. The molecule has 0 saturated carbocycles. The molecular formula is C15H24N4O4. The number of nitrogens with one attached hydrogen (secondary N) is 1. The highest BCUT2D eigenvalue weighted by Crippen LogP contribution is 2.22. The van der Waals surface area contributed by atoms with Crippen molar-refractivity contribution in [2.75, 3.05) is 19.6 Å². The van der Waals surface area contributed by atoms with E-state index < -0.39 is 23.2 Å². The topological polar surface area (TPSA) is 96.7 Å². The number of hydrogen-bond donors (Lipinski definition) is 2. The maximum absolute atomic E-state index is 11.9. The Morgan fingerprint density at radius 1 is 1.39 bits per heavy atom. The van der Waals surface area contributed by atoms with E-state index in [2.05, 4.69) is 10.4 Å². The minimum absolute atomic E-state index is 0.253. The molecule has 8 heteroatoms. The number of likely N-dealkylation sites (tertiary alicyclic amines) is 1. The highest BCUT2D eigenvalue weighted by molar-refractivity contribution is 5.85. The van der Waals surface area contributed by atoms with E-state index in [1.54, 1.807) is 31.6 Å². The average Bonchev–Trinajstić information content (AvgIpc) is 3.03. The maximum atomic E-state index is 11.9. The van der Waals surface area contributed by atoms with Crippen molar-refractivity contribution in [1.82, 2.24) is 20.0 Å². The summed E-state index contributed by atoms with van der Waals surface area (Å²) in [5.74, 6) is -1.04. The first-order valence-corrected chi connectivity index (χ1v) is 7.65. The molecule has 0 radical (unpaired) electrons. The van der Waals surface area contributed by atoms with Crippen LogP contribution in [0.4, 0.5) is 4.79 Å². The lowest BCUT2D eigenvalue weighted by Gasteiger charge is -2.28. The van der Waals surface area contributed by atoms with Crippen molar-refractivity contribution >= 4 is 12.1 Å². The number of hydrogen-bond acceptors (Lipinski definition) is 5. The predicted octanol–water partition coefficient (Wildman–Crippen LogP) is 0.937. The molecule has 0 aliphatic carbocycles. The number of alkyl carbamates (subject to hydrolysis) is 1. The van der Waals surface area contributed by atoms with Crippen LogP contribution in [0, 0.1) is 0 Å². The van der Waals surface area contributed by atoms with Gasteiger partial charge in [0.25, 0.3) is 0 Å². The van der Waals surface area contributed by atoms with E-state index in [-0.39, 0.29) is 6.54 Å². The van der Waals surface area contributed by atoms with Gasteiger partial charge in [-0.2, -0.15) is 5.10 Å². The standard InChI is InChI=1S/C15H24N4O4/c1-14(2,3)23-13(22)17-15(12(20)21)5-8-18(11-15)9-10-19-7-4-6-16-19/h4,6-7H,5,8-11H2,1-3H3,(H,17,22)(H,20,21). The lowest BCUT2D eigenvalue weighted by Crippen LogP contribution is -2.57. The van der Waals surface area contributed by atoms with E-state index >= 15 is 0 Å². The summed E-state index contributed by atoms with van der Waals surface area (Å²) in [7, 11) is 0. The number of carbonyl (C=O) groups excluding carboxylic acids is 1. The first-order chi connectivity index (χ1) is 10.7. The van der Waals surface area contributed by atoms with Gasteiger partial charge >= 0.3 is 12.1 Å². The number of rotatable bonds is 5. The zero-order valence-electron chi connectivity index (χ0n) is 13.8. The second kappa shape index (κ2) is 6.57. The molecule has 1 amide bonds. The molecule has 128 valence electrons. The Morgan fingerprint density at radius 2 is 2.13 bits per heavy atom. The molecule has 2 N–H and O–H groups in total. The molecule has 0 aromatic carbocycles. The third-order valence-corrected chi connectivity index (χ3v) is 3.70. The van der Waals surface area contributed by atoms with Gasteiger partial charge in [0.2, 0.25) is 0 Å². The van der Waals surface area contributed by atoms with Crippen LogP contribution in [-0.2, 0) is 16.1 Å². The third-order valence-electron chi connectivity index (χ3n) is 3.70. The molecule has 1 aromatic rings. The summed E-state index contributed by atoms with van der Waals surface area (Å²) in [6.07, 6.45) is 3.21. The molecule has 0 bridgehead atoms. The van der Waals surface area contributed by atoms with E-state index in [0.29, 0.717) is 26.1 Å². The minimum Gasteiger partial charge on any atom is -0.479 e. The first-order valence-electron chi connectivity index (χ1n) is 7.65. The lowest BCUT2D eigenvalue weighted by atomic mass is 9.99. The molecule has 1 atom stereocenters. The fraction of sp³-hybridized carbons (Fsp3) is 0.667. The van der Waals surface area contributed by atoms with Gasteiger partial charge in [-0.25, -0.2) is 9.59 Å². The van der Waals surface area contributed by atoms with Crippen LogP contribution in [0.3, 0.4) is 0 Å². The molecule has 23 heavy (non-hydrogen) atoms. The number of carboxylic acid groups (broad SMARTS) is 1. The van der Waals surface area contributed by atoms with Gasteiger partial charge in [-0.1, -0.05) is 0 Å². The molecule has 1 aromatic heterocycles. The first kappa shape index (κ1) is 17.3. The van der Waals surface area contributed by atoms with Crippen molar-refractivity contribution in [2.24, 2.45) is 0 Å². The second-order valence-electron chi connectivity index (χ2n) is 6.81. The number of carboxylic acids is 1. The quantitative estimate of drug-likeness (QED) is 0.836. The van der Waals surface area contributed by atoms with Gasteiger partial charge in [-0.05, 0) is 33.3 Å². The largest absolute Gasteiger partial charge is 0.479 e. The Balaban J connectivity index is 1.94. The monoisotopic (exact) mass is 324 g/mol. The maximum Gasteiger partial charge on any atom is 0.408 e. The summed E-state index contributed by atoms with van der Waals surface area (Å²) in [5.41, 5.74) is -1.96. The van der Waals surface area contributed by atoms with E-state index in [0.717, 1.165) is 0 Å². The summed E-state index contributed by atoms with van der Waals surface area (Å²) < 4.78 is 6.98. The predicted molar refractivity (Wildman–Crippen MR) is 83.0 cm³/mol. The molecule has 1 unspecified atom stereocenters. The molecule has 1 aliphatic heterocycles. The van der Waals surface area contributed by atoms with E-state index in [1.165, 1.54) is 0 Å². The fourth-order valence-electron chi connectivity index (χ4n) is 2.59. The highest BCUT2D eigenvalue weighted by atomic mass is 16.6. The normalized spacial score (nSPS) is 22.0. The number of amides is 1. The van der Waals surface area contributed by atoms with Crippen LogP contribution in [0.2, 0.25) is 0 Å². The van der Waals surface area contributed by atoms with Gasteiger partial charge in [0, 0.05) is 32.0 Å². The Labute approximate surface area is 135 Å². The summed E-state index contributed by atoms with van der Waals surface area (Å²) >= 11 is 0. The third kappa shape index (κ3) is 4.69. The highest BCUT2D eigenvalue weighted by Gasteiger charge is 2.46. The van der Waals surface area contributed by atoms with Crippen LogP contribution in [0.15, 0.2) is 18.5 Å². The van der Waals surface area contributed by atoms with Crippen LogP contribution in [0.1, 0.15) is 27.2 Å². The number of aliphatic carboxylic acids is 1. The SMILES string of the molecule is CC(C)(C)OC(=O)NC1(C(=O)O)CCN(CCn2cccn2)C1. The molecular weight excluding hydrogens is 300 g/mol. The lowest BCUT2D eigenvalue weighted by molar-refractivity contribution is -0.144. The van der Waals surface area contributed by atoms with Crippen LogP contribution in [0.5, 0.6) is 0 Å². The van der Waals surface area contributed by atoms with Gasteiger partial charge in [0.05, 0.1) is 6.54 Å². The number of ether oxygens (including phenoxy) is 1. The number of aromatic nitrogens is 2. The van der Waals surface area contributed by atoms with Crippen molar-refractivity contribution in [1.29, 1.82) is 0 Å². The van der Waals surface area contributed by atoms with E-state index in [1.807, 2.05) is 17.2 Å². The molecule has 1 aliphatic rings. The van der Waals surface area contributed by atoms with Crippen molar-refractivity contribution < 1.29 is 19.4 Å². The Morgan fingerprint density at radius 3 is 2.70 bits per heavy atom. The molecule has 2 heterocycles. The van der Waals surface area contributed by atoms with Gasteiger partial charge in [0.1, 0.15) is 5.60 Å². The number of carbonyl (C=O) groups is 2. The second-order valence-corrected chi connectivity index (χ2v) is 6.81. The average molecular weight is 324 g/mol. The van der Waals surface area contributed by atoms with Gasteiger partial charge in [-0.15, -0.1) is 0 Å². The summed E-state index contributed by atoms with van der Waals surface area (Å²) in [6, 6.07) is 1.84. The molecule has 0 spiro atoms. The van der Waals surface area contributed by atoms with Crippen LogP contribution >= 0.6 is 0 Å². The smallest absolute Gasteiger partial charge is 0.408 e. The van der Waals surface area contributed by atoms with Crippen LogP contribution in [-0.4, -0.2) is 62.6 Å². The van der Waals surface area contributed by atoms with Crippen molar-refractivity contribution in [2.45, 2.75) is 44.9 Å². The summed E-state index contributed by atoms with van der Waals surface area (Å²) in [4.78, 5) is 25.6. The summed E-state index contributed by atoms with van der Waals surface area (Å²) in [6.45, 7) is 7.43. The summed E-state index contributed by atoms with van der Waals surface area (Å²) in [5, 5.41) is 16.2. The molecule has 1 saturated heterocycles. The zero-order chi connectivity index (χ0) is 17.1. The zero-order valence-corrected chi connectivity index (χ0v) is 13.8. The van der Waals surface area contributed by atoms with Gasteiger partial charge in [-0.3, -0.25) is 9.58 Å². The Bertz CT molecular complexity index is 552. The Hall–Kier alpha value is -2.09. The minimum atomic E-state index is -1.30. The van der Waals surface area contributed by atoms with Gasteiger partial charge in [0.15, 0.2) is 5.54 Å². The molecule has 2 rings (SSSR count). The molecule has 8 nitrogen and oxygen atoms in total. The van der Waals surface area contributed by atoms with Crippen LogP contribution < -0.4 is 5.32 Å². The Kier molecular flexibility index (Phi) is 4.93. The molecule has 1 fully saturated rings. The van der Waals surface area contributed by atoms with Crippen LogP contribution in [0.25, 0.3) is 0 Å². The van der Waals surface area contributed by atoms with E-state index in [9.17, 15) is 14.7 Å². The van der Waals surface area contributed by atoms with Crippen molar-refractivity contribution in [3.05, 3.63) is 18.5 Å². The van der Waals surface area contributed by atoms with Crippen molar-refractivity contribution in [3.63, 3.8) is 0 Å². The van der Waals surface area contributed by atoms with Crippen molar-refractivity contribution in [3.8, 4) is 0 Å². The fourth-order valence-corrected chi connectivity index (χ4v) is 2.59.